The van der Waals surface area contributed by atoms with E-state index >= 15 is 0 Å². The summed E-state index contributed by atoms with van der Waals surface area (Å²) in [5, 5.41) is 29.0. The Hall–Kier alpha value is -3.92. The standard InChI is InChI=1S/C26H22N4O5/c31-20-9-10-29-23(24(20)32)26(33)28-11-12-34-14-21(28)30(29)22-16-6-2-1-5-15(16)19-13-27-35-25(19)18-8-4-3-7-17(18)22/h1-10,13,20-22,31-32H,11-12,14H2. The fraction of sp³-hybridized carbons (Fsp3) is 0.231. The van der Waals surface area contributed by atoms with Gasteiger partial charge in [-0.2, -0.15) is 5.01 Å². The van der Waals surface area contributed by atoms with Crippen LogP contribution >= 0.6 is 0 Å². The van der Waals surface area contributed by atoms with Crippen LogP contribution in [0.1, 0.15) is 17.2 Å². The summed E-state index contributed by atoms with van der Waals surface area (Å²) in [7, 11) is 0. The Balaban J connectivity index is 1.52. The molecule has 7 rings (SSSR count). The quantitative estimate of drug-likeness (QED) is 0.560. The predicted octanol–water partition coefficient (Wildman–Crippen LogP) is 2.79. The molecule has 4 heterocycles. The second-order valence-corrected chi connectivity index (χ2v) is 8.94. The highest BCUT2D eigenvalue weighted by Gasteiger charge is 2.50. The van der Waals surface area contributed by atoms with E-state index in [2.05, 4.69) is 16.2 Å². The van der Waals surface area contributed by atoms with Gasteiger partial charge >= 0.3 is 0 Å². The van der Waals surface area contributed by atoms with Gasteiger partial charge in [-0.25, -0.2) is 0 Å². The summed E-state index contributed by atoms with van der Waals surface area (Å²) in [6, 6.07) is 15.7. The second-order valence-electron chi connectivity index (χ2n) is 8.94. The number of nitrogens with zero attached hydrogens (tertiary/aromatic N) is 4. The van der Waals surface area contributed by atoms with Crippen molar-refractivity contribution in [1.82, 2.24) is 20.1 Å². The number of morpholine rings is 1. The van der Waals surface area contributed by atoms with Gasteiger partial charge in [-0.15, -0.1) is 0 Å². The summed E-state index contributed by atoms with van der Waals surface area (Å²) in [5.74, 6) is -0.0101. The molecule has 1 aliphatic carbocycles. The number of fused-ring (bicyclic) bond motifs is 7. The minimum absolute atomic E-state index is 0.0515. The maximum atomic E-state index is 13.5. The van der Waals surface area contributed by atoms with Gasteiger partial charge in [-0.1, -0.05) is 53.7 Å². The number of hydrogen-bond acceptors (Lipinski definition) is 8. The van der Waals surface area contributed by atoms with Gasteiger partial charge in [-0.3, -0.25) is 9.80 Å². The first-order valence-electron chi connectivity index (χ1n) is 11.5. The molecule has 3 atom stereocenters. The minimum Gasteiger partial charge on any atom is -0.507 e. The van der Waals surface area contributed by atoms with Crippen molar-refractivity contribution in [2.75, 3.05) is 19.8 Å². The lowest BCUT2D eigenvalue weighted by Crippen LogP contribution is -2.67. The van der Waals surface area contributed by atoms with Crippen LogP contribution in [-0.4, -0.2) is 68.2 Å². The Kier molecular flexibility index (Phi) is 4.41. The van der Waals surface area contributed by atoms with Crippen molar-refractivity contribution in [2.45, 2.75) is 18.3 Å². The molecule has 0 saturated carbocycles. The van der Waals surface area contributed by atoms with Gasteiger partial charge in [0.1, 0.15) is 12.3 Å². The van der Waals surface area contributed by atoms with E-state index in [0.29, 0.717) is 25.5 Å². The number of carbonyl (C=O) groups is 1. The predicted molar refractivity (Wildman–Crippen MR) is 124 cm³/mol. The number of aliphatic hydroxyl groups excluding tert-OH is 2. The zero-order chi connectivity index (χ0) is 23.7. The van der Waals surface area contributed by atoms with E-state index in [1.165, 1.54) is 6.08 Å². The molecule has 0 bridgehead atoms. The summed E-state index contributed by atoms with van der Waals surface area (Å²) >= 11 is 0. The zero-order valence-electron chi connectivity index (χ0n) is 18.6. The molecular weight excluding hydrogens is 448 g/mol. The van der Waals surface area contributed by atoms with Crippen LogP contribution in [0.3, 0.4) is 0 Å². The van der Waals surface area contributed by atoms with Gasteiger partial charge in [0.15, 0.2) is 17.2 Å². The number of hydrogen-bond donors (Lipinski definition) is 2. The van der Waals surface area contributed by atoms with Crippen LogP contribution in [0.4, 0.5) is 0 Å². The molecular formula is C26H22N4O5. The average molecular weight is 470 g/mol. The van der Waals surface area contributed by atoms with E-state index in [9.17, 15) is 15.0 Å². The minimum atomic E-state index is -1.24. The van der Waals surface area contributed by atoms with Crippen LogP contribution in [0.5, 0.6) is 0 Å². The number of aliphatic hydroxyl groups is 2. The van der Waals surface area contributed by atoms with E-state index in [1.54, 1.807) is 22.3 Å². The molecule has 9 nitrogen and oxygen atoms in total. The van der Waals surface area contributed by atoms with Crippen molar-refractivity contribution in [1.29, 1.82) is 0 Å². The Morgan fingerprint density at radius 1 is 1.00 bits per heavy atom. The molecule has 3 aromatic rings. The molecule has 35 heavy (non-hydrogen) atoms. The molecule has 0 spiro atoms. The highest BCUT2D eigenvalue weighted by molar-refractivity contribution is 5.95. The maximum absolute atomic E-state index is 13.5. The lowest BCUT2D eigenvalue weighted by Gasteiger charge is -2.55. The smallest absolute Gasteiger partial charge is 0.277 e. The van der Waals surface area contributed by atoms with Crippen molar-refractivity contribution in [3.05, 3.63) is 89.6 Å². The summed E-state index contributed by atoms with van der Waals surface area (Å²) < 4.78 is 11.6. The van der Waals surface area contributed by atoms with E-state index < -0.39 is 12.3 Å². The fourth-order valence-corrected chi connectivity index (χ4v) is 5.61. The zero-order valence-corrected chi connectivity index (χ0v) is 18.6. The Morgan fingerprint density at radius 2 is 1.74 bits per heavy atom. The molecule has 9 heteroatoms. The van der Waals surface area contributed by atoms with Crippen LogP contribution in [0.2, 0.25) is 0 Å². The van der Waals surface area contributed by atoms with Crippen molar-refractivity contribution in [2.24, 2.45) is 0 Å². The molecule has 2 N–H and O–H groups in total. The largest absolute Gasteiger partial charge is 0.507 e. The third-order valence-corrected chi connectivity index (χ3v) is 7.16. The molecule has 3 unspecified atom stereocenters. The summed E-state index contributed by atoms with van der Waals surface area (Å²) in [6.07, 6.45) is 3.19. The number of benzene rings is 2. The van der Waals surface area contributed by atoms with Crippen LogP contribution in [0.25, 0.3) is 22.5 Å². The van der Waals surface area contributed by atoms with E-state index in [-0.39, 0.29) is 23.4 Å². The molecule has 0 radical (unpaired) electrons. The van der Waals surface area contributed by atoms with Crippen LogP contribution in [-0.2, 0) is 9.53 Å². The third kappa shape index (κ3) is 2.80. The van der Waals surface area contributed by atoms with Crippen LogP contribution < -0.4 is 0 Å². The van der Waals surface area contributed by atoms with Gasteiger partial charge < -0.3 is 24.4 Å². The molecule has 1 amide bonds. The molecule has 2 aromatic carbocycles. The molecule has 176 valence electrons. The fourth-order valence-electron chi connectivity index (χ4n) is 5.61. The van der Waals surface area contributed by atoms with Crippen LogP contribution in [0, 0.1) is 0 Å². The van der Waals surface area contributed by atoms with Gasteiger partial charge in [0, 0.05) is 23.9 Å². The Bertz CT molecular complexity index is 1350. The van der Waals surface area contributed by atoms with E-state index in [4.69, 9.17) is 9.26 Å². The monoisotopic (exact) mass is 470 g/mol. The molecule has 1 aromatic heterocycles. The SMILES string of the molecule is O=C1C2=C(O)C(O)C=CN2N(C2c3ccccc3-c3cnoc3-c3ccccc32)C2COCCN12. The summed E-state index contributed by atoms with van der Waals surface area (Å²) in [6.45, 7) is 1.09. The third-order valence-electron chi connectivity index (χ3n) is 7.16. The number of carbonyl (C=O) groups excluding carboxylic acids is 1. The number of rotatable bonds is 1. The van der Waals surface area contributed by atoms with Gasteiger partial charge in [0.05, 0.1) is 25.5 Å². The van der Waals surface area contributed by atoms with Crippen molar-refractivity contribution < 1.29 is 24.3 Å². The Morgan fingerprint density at radius 3 is 2.57 bits per heavy atom. The molecule has 2 fully saturated rings. The number of amides is 1. The topological polar surface area (TPSA) is 103 Å². The van der Waals surface area contributed by atoms with Crippen LogP contribution in [0.15, 0.2) is 83.0 Å². The van der Waals surface area contributed by atoms with Crippen molar-refractivity contribution >= 4 is 5.91 Å². The Labute approximate surface area is 200 Å². The lowest BCUT2D eigenvalue weighted by atomic mass is 9.92. The highest BCUT2D eigenvalue weighted by atomic mass is 16.5. The first-order valence-corrected chi connectivity index (χ1v) is 11.5. The average Bonchev–Trinajstić information content (AvgIpc) is 3.34. The normalized spacial score (nSPS) is 25.4. The number of aromatic nitrogens is 1. The van der Waals surface area contributed by atoms with E-state index in [1.807, 2.05) is 42.5 Å². The highest BCUT2D eigenvalue weighted by Crippen LogP contribution is 2.49. The van der Waals surface area contributed by atoms with Crippen molar-refractivity contribution in [3.8, 4) is 22.5 Å². The molecule has 2 saturated heterocycles. The summed E-state index contributed by atoms with van der Waals surface area (Å²) in [4.78, 5) is 15.2. The second kappa shape index (κ2) is 7.54. The molecule has 3 aliphatic heterocycles. The first-order chi connectivity index (χ1) is 17.1. The van der Waals surface area contributed by atoms with Gasteiger partial charge in [0.25, 0.3) is 5.91 Å². The maximum Gasteiger partial charge on any atom is 0.277 e. The number of hydrazine groups is 1. The lowest BCUT2D eigenvalue weighted by molar-refractivity contribution is -0.190. The summed E-state index contributed by atoms with van der Waals surface area (Å²) in [5.41, 5.74) is 4.78. The number of ether oxygens (including phenoxy) is 1. The van der Waals surface area contributed by atoms with E-state index in [0.717, 1.165) is 27.8 Å². The van der Waals surface area contributed by atoms with Gasteiger partial charge in [0.2, 0.25) is 0 Å². The molecule has 4 aliphatic rings. The first kappa shape index (κ1) is 20.5. The van der Waals surface area contributed by atoms with Gasteiger partial charge in [-0.05, 0) is 22.8 Å². The van der Waals surface area contributed by atoms with Crippen molar-refractivity contribution in [3.63, 3.8) is 0 Å².